The maximum atomic E-state index is 13.1. The monoisotopic (exact) mass is 314 g/mol. The van der Waals surface area contributed by atoms with Crippen LogP contribution in [0.1, 0.15) is 49.7 Å². The number of hydrogen-bond acceptors (Lipinski definition) is 3. The molecule has 1 unspecified atom stereocenters. The molecule has 0 bridgehead atoms. The van der Waals surface area contributed by atoms with Crippen molar-refractivity contribution in [2.75, 3.05) is 6.54 Å². The second-order valence-corrected chi connectivity index (χ2v) is 7.17. The maximum absolute atomic E-state index is 13.1. The molecule has 2 fully saturated rings. The molecule has 1 heterocycles. The van der Waals surface area contributed by atoms with Gasteiger partial charge in [0.25, 0.3) is 5.91 Å². The van der Waals surface area contributed by atoms with Crippen LogP contribution in [0.3, 0.4) is 0 Å². The molecule has 1 aromatic rings. The highest BCUT2D eigenvalue weighted by molar-refractivity contribution is 6.08. The number of nitrogens with one attached hydrogen (secondary N) is 1. The third-order valence-corrected chi connectivity index (χ3v) is 5.66. The molecule has 0 aromatic heterocycles. The van der Waals surface area contributed by atoms with Crippen LogP contribution in [0.15, 0.2) is 24.3 Å². The molecular weight excluding hydrogens is 292 g/mol. The average Bonchev–Trinajstić information content (AvgIpc) is 3.03. The minimum atomic E-state index is -0.922. The van der Waals surface area contributed by atoms with E-state index in [-0.39, 0.29) is 18.5 Å². The number of carbonyl (C=O) groups is 2. The van der Waals surface area contributed by atoms with Crippen LogP contribution >= 0.6 is 0 Å². The molecule has 1 saturated heterocycles. The fourth-order valence-corrected chi connectivity index (χ4v) is 4.40. The van der Waals surface area contributed by atoms with Crippen LogP contribution in [-0.4, -0.2) is 34.1 Å². The summed E-state index contributed by atoms with van der Waals surface area (Å²) in [5, 5.41) is 13.6. The first kappa shape index (κ1) is 14.7. The highest BCUT2D eigenvalue weighted by Gasteiger charge is 2.56. The molecule has 2 aliphatic carbocycles. The first-order chi connectivity index (χ1) is 11.0. The molecule has 2 N–H and O–H groups in total. The van der Waals surface area contributed by atoms with Gasteiger partial charge in [-0.05, 0) is 36.8 Å². The summed E-state index contributed by atoms with van der Waals surface area (Å²) in [5.74, 6) is -0.202. The second kappa shape index (κ2) is 5.06. The standard InChI is InChI=1S/C18H22N2O3/c21-15-18(11-8-13-6-2-3-7-14(13)18)19-16(22)20(15)12-17(23)9-4-1-5-10-17/h2-3,6-7,23H,1,4-5,8-12H2,(H,19,22). The maximum Gasteiger partial charge on any atom is 0.325 e. The van der Waals surface area contributed by atoms with Crippen LogP contribution in [-0.2, 0) is 16.8 Å². The summed E-state index contributed by atoms with van der Waals surface area (Å²) in [4.78, 5) is 26.7. The van der Waals surface area contributed by atoms with E-state index in [2.05, 4.69) is 5.32 Å². The van der Waals surface area contributed by atoms with E-state index in [1.807, 2.05) is 24.3 Å². The number of fused-ring (bicyclic) bond motifs is 2. The van der Waals surface area contributed by atoms with Crippen molar-refractivity contribution in [3.05, 3.63) is 35.4 Å². The first-order valence-corrected chi connectivity index (χ1v) is 8.49. The lowest BCUT2D eigenvalue weighted by Crippen LogP contribution is -2.48. The molecule has 0 radical (unpaired) electrons. The van der Waals surface area contributed by atoms with Crippen LogP contribution in [0.25, 0.3) is 0 Å². The fourth-order valence-electron chi connectivity index (χ4n) is 4.40. The molecule has 4 rings (SSSR count). The van der Waals surface area contributed by atoms with Gasteiger partial charge in [-0.25, -0.2) is 4.79 Å². The minimum absolute atomic E-state index is 0.113. The average molecular weight is 314 g/mol. The summed E-state index contributed by atoms with van der Waals surface area (Å²) in [5.41, 5.74) is 0.198. The quantitative estimate of drug-likeness (QED) is 0.821. The van der Waals surface area contributed by atoms with E-state index >= 15 is 0 Å². The Balaban J connectivity index is 1.63. The topological polar surface area (TPSA) is 69.6 Å². The number of urea groups is 1. The normalized spacial score (nSPS) is 29.0. The molecule has 1 aromatic carbocycles. The Hall–Kier alpha value is -1.88. The molecule has 23 heavy (non-hydrogen) atoms. The Bertz CT molecular complexity index is 666. The van der Waals surface area contributed by atoms with E-state index in [9.17, 15) is 14.7 Å². The number of rotatable bonds is 2. The van der Waals surface area contributed by atoms with Crippen molar-refractivity contribution in [1.82, 2.24) is 10.2 Å². The van der Waals surface area contributed by atoms with Crippen molar-refractivity contribution >= 4 is 11.9 Å². The largest absolute Gasteiger partial charge is 0.388 e. The minimum Gasteiger partial charge on any atom is -0.388 e. The number of β-amino-alcohol motifs (C(OH)–C–C–N with tert-alkyl or cyclic N) is 1. The van der Waals surface area contributed by atoms with Gasteiger partial charge in [-0.2, -0.15) is 0 Å². The fraction of sp³-hybridized carbons (Fsp3) is 0.556. The molecule has 1 atom stereocenters. The number of imide groups is 1. The first-order valence-electron chi connectivity index (χ1n) is 8.49. The lowest BCUT2D eigenvalue weighted by atomic mass is 9.84. The highest BCUT2D eigenvalue weighted by Crippen LogP contribution is 2.42. The van der Waals surface area contributed by atoms with Gasteiger partial charge in [-0.1, -0.05) is 43.5 Å². The van der Waals surface area contributed by atoms with Crippen LogP contribution in [0.4, 0.5) is 4.79 Å². The van der Waals surface area contributed by atoms with E-state index in [0.29, 0.717) is 19.3 Å². The zero-order valence-corrected chi connectivity index (χ0v) is 13.2. The summed E-state index contributed by atoms with van der Waals surface area (Å²) in [6.45, 7) is 0.113. The van der Waals surface area contributed by atoms with E-state index < -0.39 is 11.1 Å². The summed E-state index contributed by atoms with van der Waals surface area (Å²) in [6, 6.07) is 7.44. The van der Waals surface area contributed by atoms with Crippen molar-refractivity contribution in [2.24, 2.45) is 0 Å². The predicted molar refractivity (Wildman–Crippen MR) is 84.7 cm³/mol. The van der Waals surface area contributed by atoms with Gasteiger partial charge in [0, 0.05) is 0 Å². The predicted octanol–water partition coefficient (Wildman–Crippen LogP) is 2.08. The Labute approximate surface area is 135 Å². The van der Waals surface area contributed by atoms with E-state index in [4.69, 9.17) is 0 Å². The SMILES string of the molecule is O=C1NC2(CCc3ccccc32)C(=O)N1CC1(O)CCCCC1. The van der Waals surface area contributed by atoms with Gasteiger partial charge < -0.3 is 10.4 Å². The van der Waals surface area contributed by atoms with E-state index in [1.165, 1.54) is 4.90 Å². The van der Waals surface area contributed by atoms with Crippen LogP contribution in [0, 0.1) is 0 Å². The van der Waals surface area contributed by atoms with Gasteiger partial charge in [0.05, 0.1) is 12.1 Å². The number of aryl methyl sites for hydroxylation is 1. The van der Waals surface area contributed by atoms with Gasteiger partial charge >= 0.3 is 6.03 Å². The van der Waals surface area contributed by atoms with Gasteiger partial charge in [0.15, 0.2) is 0 Å². The van der Waals surface area contributed by atoms with E-state index in [1.54, 1.807) is 0 Å². The van der Waals surface area contributed by atoms with Gasteiger partial charge in [-0.3, -0.25) is 9.69 Å². The zero-order valence-electron chi connectivity index (χ0n) is 13.2. The summed E-state index contributed by atoms with van der Waals surface area (Å²) in [6.07, 6.45) is 5.73. The Kier molecular flexibility index (Phi) is 3.23. The third kappa shape index (κ3) is 2.17. The molecule has 5 nitrogen and oxygen atoms in total. The lowest BCUT2D eigenvalue weighted by molar-refractivity contribution is -0.134. The van der Waals surface area contributed by atoms with Crippen LogP contribution < -0.4 is 5.32 Å². The van der Waals surface area contributed by atoms with E-state index in [0.717, 1.165) is 36.8 Å². The lowest BCUT2D eigenvalue weighted by Gasteiger charge is -2.34. The van der Waals surface area contributed by atoms with Crippen molar-refractivity contribution < 1.29 is 14.7 Å². The second-order valence-electron chi connectivity index (χ2n) is 7.17. The number of amides is 3. The third-order valence-electron chi connectivity index (χ3n) is 5.66. The molecule has 122 valence electrons. The summed E-state index contributed by atoms with van der Waals surface area (Å²) < 4.78 is 0. The number of carbonyl (C=O) groups excluding carboxylic acids is 2. The van der Waals surface area contributed by atoms with Crippen LogP contribution in [0.2, 0.25) is 0 Å². The molecule has 5 heteroatoms. The van der Waals surface area contributed by atoms with Gasteiger partial charge in [0.1, 0.15) is 5.54 Å². The molecular formula is C18H22N2O3. The zero-order chi connectivity index (χ0) is 16.1. The van der Waals surface area contributed by atoms with Crippen molar-refractivity contribution in [1.29, 1.82) is 0 Å². The summed E-state index contributed by atoms with van der Waals surface area (Å²) in [7, 11) is 0. The number of aliphatic hydroxyl groups is 1. The Morgan fingerprint density at radius 3 is 2.61 bits per heavy atom. The Morgan fingerprint density at radius 2 is 1.83 bits per heavy atom. The number of benzene rings is 1. The van der Waals surface area contributed by atoms with Crippen molar-refractivity contribution in [2.45, 2.75) is 56.1 Å². The smallest absolute Gasteiger partial charge is 0.325 e. The molecule has 1 spiro atoms. The van der Waals surface area contributed by atoms with Gasteiger partial charge in [0.2, 0.25) is 0 Å². The van der Waals surface area contributed by atoms with Crippen molar-refractivity contribution in [3.63, 3.8) is 0 Å². The van der Waals surface area contributed by atoms with Crippen molar-refractivity contribution in [3.8, 4) is 0 Å². The number of nitrogens with zero attached hydrogens (tertiary/aromatic N) is 1. The molecule has 3 amide bonds. The molecule has 1 saturated carbocycles. The highest BCUT2D eigenvalue weighted by atomic mass is 16.3. The molecule has 1 aliphatic heterocycles. The van der Waals surface area contributed by atoms with Crippen LogP contribution in [0.5, 0.6) is 0 Å². The number of hydrogen-bond donors (Lipinski definition) is 2. The summed E-state index contributed by atoms with van der Waals surface area (Å²) >= 11 is 0. The Morgan fingerprint density at radius 1 is 1.09 bits per heavy atom. The molecule has 3 aliphatic rings. The van der Waals surface area contributed by atoms with Gasteiger partial charge in [-0.15, -0.1) is 0 Å².